The molecule has 0 aromatic heterocycles. The quantitative estimate of drug-likeness (QED) is 0.315. The second-order valence-electron chi connectivity index (χ2n) is 10.2. The highest BCUT2D eigenvalue weighted by molar-refractivity contribution is 5.33. The van der Waals surface area contributed by atoms with Gasteiger partial charge in [-0.15, -0.1) is 0 Å². The maximum Gasteiger partial charge on any atom is 0.200 e. The van der Waals surface area contributed by atoms with Gasteiger partial charge in [-0.2, -0.15) is 4.39 Å². The molecule has 176 valence electrons. The SMILES string of the molecule is CCCCCCC1CCC(CCC2CCC(c3ccc(OCC)c(F)c3F)CC2)CC1. The fourth-order valence-corrected chi connectivity index (χ4v) is 6.03. The Morgan fingerprint density at radius 1 is 0.710 bits per heavy atom. The summed E-state index contributed by atoms with van der Waals surface area (Å²) in [6, 6.07) is 3.35. The van der Waals surface area contributed by atoms with Crippen LogP contribution in [0.15, 0.2) is 12.1 Å². The summed E-state index contributed by atoms with van der Waals surface area (Å²) < 4.78 is 34.0. The van der Waals surface area contributed by atoms with Gasteiger partial charge >= 0.3 is 0 Å². The molecule has 0 radical (unpaired) electrons. The van der Waals surface area contributed by atoms with Crippen molar-refractivity contribution in [2.45, 2.75) is 116 Å². The second kappa shape index (κ2) is 12.8. The van der Waals surface area contributed by atoms with Gasteiger partial charge in [-0.05, 0) is 67.9 Å². The zero-order chi connectivity index (χ0) is 22.1. The van der Waals surface area contributed by atoms with E-state index in [1.165, 1.54) is 70.6 Å². The first-order chi connectivity index (χ1) is 15.1. The number of halogens is 2. The molecular weight excluding hydrogens is 390 g/mol. The summed E-state index contributed by atoms with van der Waals surface area (Å²) in [6.07, 6.45) is 19.8. The Labute approximate surface area is 189 Å². The lowest BCUT2D eigenvalue weighted by Gasteiger charge is -2.32. The molecule has 2 aliphatic rings. The molecule has 0 N–H and O–H groups in total. The lowest BCUT2D eigenvalue weighted by molar-refractivity contribution is 0.221. The van der Waals surface area contributed by atoms with Gasteiger partial charge in [-0.1, -0.05) is 83.6 Å². The lowest BCUT2D eigenvalue weighted by atomic mass is 9.74. The van der Waals surface area contributed by atoms with Crippen molar-refractivity contribution < 1.29 is 13.5 Å². The number of benzene rings is 1. The van der Waals surface area contributed by atoms with Crippen LogP contribution in [0.5, 0.6) is 5.75 Å². The van der Waals surface area contributed by atoms with Gasteiger partial charge in [-0.25, -0.2) is 4.39 Å². The van der Waals surface area contributed by atoms with E-state index < -0.39 is 11.6 Å². The minimum absolute atomic E-state index is 0.0353. The normalized spacial score (nSPS) is 26.7. The highest BCUT2D eigenvalue weighted by Crippen LogP contribution is 2.41. The topological polar surface area (TPSA) is 9.23 Å². The molecule has 0 amide bonds. The predicted octanol–water partition coefficient (Wildman–Crippen LogP) is 9.19. The Kier molecular flexibility index (Phi) is 10.1. The first kappa shape index (κ1) is 24.5. The molecule has 1 aromatic carbocycles. The first-order valence-corrected chi connectivity index (χ1v) is 13.2. The van der Waals surface area contributed by atoms with E-state index in [0.717, 1.165) is 43.4 Å². The van der Waals surface area contributed by atoms with Crippen LogP contribution in [-0.2, 0) is 0 Å². The van der Waals surface area contributed by atoms with E-state index in [0.29, 0.717) is 12.2 Å². The van der Waals surface area contributed by atoms with Crippen LogP contribution in [0.1, 0.15) is 122 Å². The highest BCUT2D eigenvalue weighted by atomic mass is 19.2. The van der Waals surface area contributed by atoms with Gasteiger partial charge < -0.3 is 4.74 Å². The van der Waals surface area contributed by atoms with Crippen LogP contribution in [-0.4, -0.2) is 6.61 Å². The van der Waals surface area contributed by atoms with Gasteiger partial charge in [0.25, 0.3) is 0 Å². The minimum atomic E-state index is -0.817. The van der Waals surface area contributed by atoms with E-state index in [1.807, 2.05) is 0 Å². The number of unbranched alkanes of at least 4 members (excludes halogenated alkanes) is 3. The molecule has 2 fully saturated rings. The number of rotatable bonds is 11. The molecule has 0 unspecified atom stereocenters. The van der Waals surface area contributed by atoms with E-state index in [1.54, 1.807) is 19.1 Å². The fourth-order valence-electron chi connectivity index (χ4n) is 6.03. The summed E-state index contributed by atoms with van der Waals surface area (Å²) in [7, 11) is 0. The zero-order valence-electron chi connectivity index (χ0n) is 19.9. The molecule has 0 saturated heterocycles. The second-order valence-corrected chi connectivity index (χ2v) is 10.2. The van der Waals surface area contributed by atoms with Crippen LogP contribution in [0.2, 0.25) is 0 Å². The predicted molar refractivity (Wildman–Crippen MR) is 126 cm³/mol. The highest BCUT2D eigenvalue weighted by Gasteiger charge is 2.28. The number of hydrogen-bond donors (Lipinski definition) is 0. The van der Waals surface area contributed by atoms with Gasteiger partial charge in [0.15, 0.2) is 11.6 Å². The third-order valence-electron chi connectivity index (χ3n) is 8.08. The molecule has 1 nitrogen and oxygen atoms in total. The number of hydrogen-bond acceptors (Lipinski definition) is 1. The van der Waals surface area contributed by atoms with Gasteiger partial charge in [0, 0.05) is 0 Å². The van der Waals surface area contributed by atoms with Gasteiger partial charge in [0.05, 0.1) is 6.61 Å². The number of ether oxygens (including phenoxy) is 1. The average Bonchev–Trinajstić information content (AvgIpc) is 2.80. The molecule has 2 saturated carbocycles. The Bertz CT molecular complexity index is 643. The van der Waals surface area contributed by atoms with Crippen molar-refractivity contribution in [2.75, 3.05) is 6.61 Å². The standard InChI is InChI=1S/C28H44F2O/c1-3-5-6-7-8-21-9-11-22(12-10-21)13-14-23-15-17-24(18-16-23)25-19-20-26(31-4-2)28(30)27(25)29/h19-24H,3-18H2,1-2H3. The monoisotopic (exact) mass is 434 g/mol. The van der Waals surface area contributed by atoms with Crippen molar-refractivity contribution in [1.29, 1.82) is 0 Å². The Balaban J connectivity index is 1.35. The summed E-state index contributed by atoms with van der Waals surface area (Å²) in [5.41, 5.74) is 0.552. The molecule has 0 spiro atoms. The maximum atomic E-state index is 14.6. The van der Waals surface area contributed by atoms with Crippen LogP contribution >= 0.6 is 0 Å². The van der Waals surface area contributed by atoms with Crippen LogP contribution in [0.3, 0.4) is 0 Å². The summed E-state index contributed by atoms with van der Waals surface area (Å²) in [4.78, 5) is 0. The van der Waals surface area contributed by atoms with Gasteiger partial charge in [0.2, 0.25) is 5.82 Å². The summed E-state index contributed by atoms with van der Waals surface area (Å²) >= 11 is 0. The molecule has 1 aromatic rings. The molecule has 0 bridgehead atoms. The van der Waals surface area contributed by atoms with Crippen LogP contribution in [0.25, 0.3) is 0 Å². The molecule has 2 aliphatic carbocycles. The van der Waals surface area contributed by atoms with E-state index >= 15 is 0 Å². The van der Waals surface area contributed by atoms with Gasteiger partial charge in [-0.3, -0.25) is 0 Å². The summed E-state index contributed by atoms with van der Waals surface area (Å²) in [5.74, 6) is 1.38. The Hall–Kier alpha value is -1.12. The largest absolute Gasteiger partial charge is 0.491 e. The Morgan fingerprint density at radius 3 is 1.87 bits per heavy atom. The third kappa shape index (κ3) is 7.19. The van der Waals surface area contributed by atoms with Crippen molar-refractivity contribution in [3.63, 3.8) is 0 Å². The molecular formula is C28H44F2O. The van der Waals surface area contributed by atoms with E-state index in [-0.39, 0.29) is 11.7 Å². The molecule has 0 heterocycles. The molecule has 0 atom stereocenters. The van der Waals surface area contributed by atoms with Crippen LogP contribution < -0.4 is 4.74 Å². The van der Waals surface area contributed by atoms with Crippen LogP contribution in [0, 0.1) is 29.4 Å². The molecule has 0 aliphatic heterocycles. The fraction of sp³-hybridized carbons (Fsp3) is 0.786. The summed E-state index contributed by atoms with van der Waals surface area (Å²) in [6.45, 7) is 4.42. The van der Waals surface area contributed by atoms with E-state index in [4.69, 9.17) is 4.74 Å². The van der Waals surface area contributed by atoms with Crippen molar-refractivity contribution in [3.8, 4) is 5.75 Å². The Morgan fingerprint density at radius 2 is 1.29 bits per heavy atom. The summed E-state index contributed by atoms with van der Waals surface area (Å²) in [5, 5.41) is 0. The molecule has 3 rings (SSSR count). The van der Waals surface area contributed by atoms with Gasteiger partial charge in [0.1, 0.15) is 0 Å². The van der Waals surface area contributed by atoms with Crippen LogP contribution in [0.4, 0.5) is 8.78 Å². The van der Waals surface area contributed by atoms with Crippen molar-refractivity contribution in [3.05, 3.63) is 29.3 Å². The third-order valence-corrected chi connectivity index (χ3v) is 8.08. The van der Waals surface area contributed by atoms with E-state index in [2.05, 4.69) is 6.92 Å². The maximum absolute atomic E-state index is 14.6. The molecule has 31 heavy (non-hydrogen) atoms. The minimum Gasteiger partial charge on any atom is -0.491 e. The van der Waals surface area contributed by atoms with Crippen molar-refractivity contribution in [1.82, 2.24) is 0 Å². The molecule has 3 heteroatoms. The van der Waals surface area contributed by atoms with Crippen molar-refractivity contribution in [2.24, 2.45) is 17.8 Å². The smallest absolute Gasteiger partial charge is 0.200 e. The average molecular weight is 435 g/mol. The van der Waals surface area contributed by atoms with Crippen molar-refractivity contribution >= 4 is 0 Å². The van der Waals surface area contributed by atoms with E-state index in [9.17, 15) is 8.78 Å². The lowest BCUT2D eigenvalue weighted by Crippen LogP contribution is -2.18. The first-order valence-electron chi connectivity index (χ1n) is 13.2. The zero-order valence-corrected chi connectivity index (χ0v) is 19.9.